The van der Waals surface area contributed by atoms with Crippen molar-refractivity contribution in [3.8, 4) is 0 Å². The summed E-state index contributed by atoms with van der Waals surface area (Å²) < 4.78 is 0. The molecule has 130 valence electrons. The first kappa shape index (κ1) is 16.9. The maximum Gasteiger partial charge on any atom is 0.314 e. The molecule has 4 nitrogen and oxygen atoms in total. The smallest absolute Gasteiger partial charge is 0.314 e. The van der Waals surface area contributed by atoms with Gasteiger partial charge in [-0.1, -0.05) is 39.0 Å². The maximum absolute atomic E-state index is 11.7. The standard InChI is InChI=1S/C20H29N3O/c1-5-11-21-19(24)22-12-10-15-18(20(15,3)4)17-13(2)23-16-9-7-6-8-14(16)17/h6-9,15,18,23H,5,10-12H2,1-4H3,(H2,21,22,24)/t15-,18-/m1/s1. The lowest BCUT2D eigenvalue weighted by Crippen LogP contribution is -2.36. The molecule has 3 rings (SSSR count). The minimum atomic E-state index is -0.0462. The summed E-state index contributed by atoms with van der Waals surface area (Å²) >= 11 is 0. The van der Waals surface area contributed by atoms with Gasteiger partial charge in [-0.15, -0.1) is 0 Å². The Balaban J connectivity index is 1.66. The van der Waals surface area contributed by atoms with E-state index in [2.05, 4.69) is 67.6 Å². The number of aryl methyl sites for hydroxylation is 1. The Kier molecular flexibility index (Phi) is 4.57. The number of fused-ring (bicyclic) bond motifs is 1. The first-order valence-corrected chi connectivity index (χ1v) is 9.05. The quantitative estimate of drug-likeness (QED) is 0.727. The van der Waals surface area contributed by atoms with Gasteiger partial charge in [0.15, 0.2) is 0 Å². The highest BCUT2D eigenvalue weighted by Crippen LogP contribution is 2.67. The van der Waals surface area contributed by atoms with Gasteiger partial charge in [-0.05, 0) is 48.6 Å². The summed E-state index contributed by atoms with van der Waals surface area (Å²) in [7, 11) is 0. The summed E-state index contributed by atoms with van der Waals surface area (Å²) in [6.45, 7) is 10.4. The van der Waals surface area contributed by atoms with Crippen molar-refractivity contribution in [2.75, 3.05) is 13.1 Å². The third-order valence-corrected chi connectivity index (χ3v) is 5.58. The van der Waals surface area contributed by atoms with Crippen LogP contribution in [0.5, 0.6) is 0 Å². The Morgan fingerprint density at radius 2 is 1.92 bits per heavy atom. The number of carbonyl (C=O) groups excluding carboxylic acids is 1. The zero-order chi connectivity index (χ0) is 17.3. The van der Waals surface area contributed by atoms with Crippen LogP contribution in [-0.4, -0.2) is 24.1 Å². The van der Waals surface area contributed by atoms with E-state index in [0.29, 0.717) is 11.8 Å². The second kappa shape index (κ2) is 6.50. The molecule has 1 heterocycles. The van der Waals surface area contributed by atoms with Gasteiger partial charge in [0.25, 0.3) is 0 Å². The predicted molar refractivity (Wildman–Crippen MR) is 99.4 cm³/mol. The zero-order valence-corrected chi connectivity index (χ0v) is 15.2. The molecule has 2 aromatic rings. The van der Waals surface area contributed by atoms with Gasteiger partial charge in [0.2, 0.25) is 0 Å². The van der Waals surface area contributed by atoms with Gasteiger partial charge in [0, 0.05) is 29.7 Å². The van der Waals surface area contributed by atoms with Crippen LogP contribution in [0.25, 0.3) is 10.9 Å². The number of aromatic nitrogens is 1. The van der Waals surface area contributed by atoms with Gasteiger partial charge in [0.05, 0.1) is 0 Å². The van der Waals surface area contributed by atoms with E-state index >= 15 is 0 Å². The lowest BCUT2D eigenvalue weighted by molar-refractivity contribution is 0.240. The zero-order valence-electron chi connectivity index (χ0n) is 15.2. The topological polar surface area (TPSA) is 56.9 Å². The predicted octanol–water partition coefficient (Wildman–Crippen LogP) is 4.32. The molecule has 0 radical (unpaired) electrons. The van der Waals surface area contributed by atoms with Crippen molar-refractivity contribution in [3.05, 3.63) is 35.5 Å². The largest absolute Gasteiger partial charge is 0.358 e. The SMILES string of the molecule is CCCNC(=O)NCC[C@@H]1[C@H](c2c(C)[nH]c3ccccc23)C1(C)C. The number of para-hydroxylation sites is 1. The number of hydrogen-bond donors (Lipinski definition) is 3. The molecule has 0 spiro atoms. The Morgan fingerprint density at radius 3 is 2.67 bits per heavy atom. The number of H-pyrrole nitrogens is 1. The third-order valence-electron chi connectivity index (χ3n) is 5.58. The maximum atomic E-state index is 11.7. The Labute approximate surface area is 144 Å². The summed E-state index contributed by atoms with van der Waals surface area (Å²) in [5, 5.41) is 7.20. The second-order valence-corrected chi connectivity index (χ2v) is 7.59. The Morgan fingerprint density at radius 1 is 1.21 bits per heavy atom. The summed E-state index contributed by atoms with van der Waals surface area (Å²) in [6, 6.07) is 8.51. The highest BCUT2D eigenvalue weighted by molar-refractivity contribution is 5.86. The number of rotatable bonds is 6. The van der Waals surface area contributed by atoms with Crippen LogP contribution in [0.1, 0.15) is 50.8 Å². The molecule has 0 saturated heterocycles. The number of urea groups is 1. The van der Waals surface area contributed by atoms with Crippen LogP contribution in [0.4, 0.5) is 4.79 Å². The molecule has 24 heavy (non-hydrogen) atoms. The van der Waals surface area contributed by atoms with Crippen LogP contribution in [0, 0.1) is 18.3 Å². The fourth-order valence-corrected chi connectivity index (χ4v) is 4.20. The van der Waals surface area contributed by atoms with Gasteiger partial charge >= 0.3 is 6.03 Å². The van der Waals surface area contributed by atoms with Crippen LogP contribution in [0.15, 0.2) is 24.3 Å². The normalized spacial score (nSPS) is 21.7. The van der Waals surface area contributed by atoms with Gasteiger partial charge in [-0.3, -0.25) is 0 Å². The van der Waals surface area contributed by atoms with Crippen molar-refractivity contribution < 1.29 is 4.79 Å². The third kappa shape index (κ3) is 3.02. The van der Waals surface area contributed by atoms with E-state index in [1.807, 2.05) is 0 Å². The van der Waals surface area contributed by atoms with Crippen molar-refractivity contribution in [3.63, 3.8) is 0 Å². The number of carbonyl (C=O) groups is 1. The first-order valence-electron chi connectivity index (χ1n) is 9.05. The first-order chi connectivity index (χ1) is 11.5. The number of aromatic amines is 1. The fourth-order valence-electron chi connectivity index (χ4n) is 4.20. The molecule has 2 amide bonds. The molecular weight excluding hydrogens is 298 g/mol. The average Bonchev–Trinajstić information content (AvgIpc) is 2.91. The van der Waals surface area contributed by atoms with Crippen molar-refractivity contribution >= 4 is 16.9 Å². The van der Waals surface area contributed by atoms with Crippen molar-refractivity contribution in [1.29, 1.82) is 0 Å². The molecule has 1 aromatic carbocycles. The number of nitrogens with one attached hydrogen (secondary N) is 3. The lowest BCUT2D eigenvalue weighted by Gasteiger charge is -2.07. The van der Waals surface area contributed by atoms with Gasteiger partial charge in [0.1, 0.15) is 0 Å². The van der Waals surface area contributed by atoms with E-state index in [1.54, 1.807) is 0 Å². The minimum absolute atomic E-state index is 0.0462. The molecule has 0 bridgehead atoms. The Hall–Kier alpha value is -1.97. The van der Waals surface area contributed by atoms with Crippen LogP contribution < -0.4 is 10.6 Å². The Bertz CT molecular complexity index is 732. The molecule has 1 fully saturated rings. The number of amides is 2. The van der Waals surface area contributed by atoms with E-state index in [1.165, 1.54) is 22.2 Å². The van der Waals surface area contributed by atoms with Crippen LogP contribution in [0.2, 0.25) is 0 Å². The molecule has 4 heteroatoms. The van der Waals surface area contributed by atoms with Crippen molar-refractivity contribution in [1.82, 2.24) is 15.6 Å². The summed E-state index contributed by atoms with van der Waals surface area (Å²) in [4.78, 5) is 15.2. The number of benzene rings is 1. The molecule has 2 atom stereocenters. The molecule has 1 aromatic heterocycles. The van der Waals surface area contributed by atoms with E-state index in [4.69, 9.17) is 0 Å². The fraction of sp³-hybridized carbons (Fsp3) is 0.550. The lowest BCUT2D eigenvalue weighted by atomic mass is 10.0. The van der Waals surface area contributed by atoms with Crippen LogP contribution in [0.3, 0.4) is 0 Å². The molecule has 1 aliphatic carbocycles. The van der Waals surface area contributed by atoms with Crippen molar-refractivity contribution in [2.24, 2.45) is 11.3 Å². The van der Waals surface area contributed by atoms with E-state index < -0.39 is 0 Å². The van der Waals surface area contributed by atoms with Gasteiger partial charge in [-0.2, -0.15) is 0 Å². The van der Waals surface area contributed by atoms with Gasteiger partial charge in [-0.25, -0.2) is 4.79 Å². The van der Waals surface area contributed by atoms with Crippen molar-refractivity contribution in [2.45, 2.75) is 46.5 Å². The van der Waals surface area contributed by atoms with Crippen LogP contribution in [-0.2, 0) is 0 Å². The molecule has 3 N–H and O–H groups in total. The summed E-state index contributed by atoms with van der Waals surface area (Å²) in [5.74, 6) is 1.18. The second-order valence-electron chi connectivity index (χ2n) is 7.59. The van der Waals surface area contributed by atoms with E-state index in [9.17, 15) is 4.79 Å². The van der Waals surface area contributed by atoms with E-state index in [-0.39, 0.29) is 11.4 Å². The molecule has 1 saturated carbocycles. The minimum Gasteiger partial charge on any atom is -0.358 e. The van der Waals surface area contributed by atoms with Crippen LogP contribution >= 0.6 is 0 Å². The molecular formula is C20H29N3O. The monoisotopic (exact) mass is 327 g/mol. The highest BCUT2D eigenvalue weighted by Gasteiger charge is 2.58. The summed E-state index contributed by atoms with van der Waals surface area (Å²) in [6.07, 6.45) is 1.99. The highest BCUT2D eigenvalue weighted by atomic mass is 16.2. The van der Waals surface area contributed by atoms with Gasteiger partial charge < -0.3 is 15.6 Å². The summed E-state index contributed by atoms with van der Waals surface area (Å²) in [5.41, 5.74) is 4.27. The average molecular weight is 327 g/mol. The molecule has 1 aliphatic rings. The van der Waals surface area contributed by atoms with E-state index in [0.717, 1.165) is 25.9 Å². The molecule has 0 aliphatic heterocycles. The molecule has 0 unspecified atom stereocenters. The number of hydrogen-bond acceptors (Lipinski definition) is 1.